The molecule has 10 nitrogen and oxygen atoms in total. The van der Waals surface area contributed by atoms with E-state index in [0.717, 1.165) is 36.3 Å². The third-order valence-corrected chi connectivity index (χ3v) is 6.62. The smallest absolute Gasteiger partial charge is 0.264 e. The minimum absolute atomic E-state index is 0.0102. The number of nitrogen functional groups attached to an aromatic ring is 1. The van der Waals surface area contributed by atoms with Crippen LogP contribution in [0, 0.1) is 0 Å². The number of carbonyl (C=O) groups excluding carboxylic acids is 1. The lowest BCUT2D eigenvalue weighted by atomic mass is 10.0. The fourth-order valence-corrected chi connectivity index (χ4v) is 4.75. The van der Waals surface area contributed by atoms with Crippen molar-refractivity contribution in [2.24, 2.45) is 5.73 Å². The molecule has 1 amide bonds. The molecule has 41 heavy (non-hydrogen) atoms. The summed E-state index contributed by atoms with van der Waals surface area (Å²) >= 11 is 6.38. The number of fused-ring (bicyclic) bond motifs is 1. The number of ether oxygens (including phenoxy) is 4. The number of carbonyl (C=O) groups is 1. The van der Waals surface area contributed by atoms with Crippen molar-refractivity contribution < 1.29 is 23.7 Å². The van der Waals surface area contributed by atoms with Gasteiger partial charge in [0, 0.05) is 68.0 Å². The van der Waals surface area contributed by atoms with Gasteiger partial charge in [-0.25, -0.2) is 4.98 Å². The molecule has 0 bridgehead atoms. The Labute approximate surface area is 250 Å². The largest absolute Gasteiger partial charge is 0.479 e. The van der Waals surface area contributed by atoms with E-state index in [1.54, 1.807) is 12.3 Å². The molecule has 230 valence electrons. The first-order valence-corrected chi connectivity index (χ1v) is 15.1. The normalized spacial score (nSPS) is 16.1. The molecule has 1 aromatic carbocycles. The van der Waals surface area contributed by atoms with Gasteiger partial charge in [0.1, 0.15) is 11.6 Å². The van der Waals surface area contributed by atoms with Crippen LogP contribution in [0.25, 0.3) is 11.1 Å². The van der Waals surface area contributed by atoms with Gasteiger partial charge in [-0.05, 0) is 29.8 Å². The van der Waals surface area contributed by atoms with Crippen LogP contribution in [0.2, 0.25) is 5.02 Å². The lowest BCUT2D eigenvalue weighted by Crippen LogP contribution is -2.52. The van der Waals surface area contributed by atoms with Crippen LogP contribution in [0.3, 0.4) is 0 Å². The van der Waals surface area contributed by atoms with Gasteiger partial charge in [0.15, 0.2) is 6.10 Å². The summed E-state index contributed by atoms with van der Waals surface area (Å²) in [4.78, 5) is 21.5. The van der Waals surface area contributed by atoms with Gasteiger partial charge in [-0.2, -0.15) is 0 Å². The molecule has 1 unspecified atom stereocenters. The molecule has 0 spiro atoms. The second-order valence-electron chi connectivity index (χ2n) is 9.01. The van der Waals surface area contributed by atoms with Crippen molar-refractivity contribution in [3.05, 3.63) is 41.0 Å². The van der Waals surface area contributed by atoms with Crippen molar-refractivity contribution in [3.63, 3.8) is 0 Å². The molecule has 0 aliphatic carbocycles. The number of pyridine rings is 1. The summed E-state index contributed by atoms with van der Waals surface area (Å²) in [7, 11) is 0. The van der Waals surface area contributed by atoms with Crippen molar-refractivity contribution in [2.45, 2.75) is 40.2 Å². The maximum atomic E-state index is 13.3. The highest BCUT2D eigenvalue weighted by Gasteiger charge is 2.35. The zero-order valence-electron chi connectivity index (χ0n) is 25.1. The maximum absolute atomic E-state index is 13.3. The summed E-state index contributed by atoms with van der Waals surface area (Å²) in [6.45, 7) is 15.6. The molecule has 4 N–H and O–H groups in total. The van der Waals surface area contributed by atoms with E-state index in [0.29, 0.717) is 82.3 Å². The number of rotatable bonds is 13. The Morgan fingerprint density at radius 1 is 0.976 bits per heavy atom. The zero-order valence-corrected chi connectivity index (χ0v) is 25.8. The van der Waals surface area contributed by atoms with Crippen LogP contribution in [-0.2, 0) is 25.4 Å². The number of anilines is 1. The van der Waals surface area contributed by atoms with Gasteiger partial charge in [0.25, 0.3) is 5.91 Å². The van der Waals surface area contributed by atoms with Gasteiger partial charge >= 0.3 is 0 Å². The number of aromatic nitrogens is 1. The highest BCUT2D eigenvalue weighted by molar-refractivity contribution is 6.31. The van der Waals surface area contributed by atoms with E-state index in [4.69, 9.17) is 42.0 Å². The Morgan fingerprint density at radius 3 is 2.24 bits per heavy atom. The lowest BCUT2D eigenvalue weighted by Gasteiger charge is -2.35. The Morgan fingerprint density at radius 2 is 1.61 bits per heavy atom. The van der Waals surface area contributed by atoms with Gasteiger partial charge in [-0.3, -0.25) is 9.69 Å². The summed E-state index contributed by atoms with van der Waals surface area (Å²) in [5, 5.41) is 0.597. The SMILES string of the molecule is CC.CC.NCCOCCOCCOCCN1CCN(C(=O)C2Cc3cc(Cl)cc(-c4ccnc(N)c4)c3O2)CC1. The Balaban J connectivity index is 0.00000141. The number of nitrogens with zero attached hydrogens (tertiary/aromatic N) is 3. The van der Waals surface area contributed by atoms with Crippen LogP contribution in [0.5, 0.6) is 5.75 Å². The minimum Gasteiger partial charge on any atom is -0.479 e. The summed E-state index contributed by atoms with van der Waals surface area (Å²) in [5.41, 5.74) is 13.8. The number of halogens is 1. The van der Waals surface area contributed by atoms with Crippen LogP contribution in [0.4, 0.5) is 5.82 Å². The van der Waals surface area contributed by atoms with Crippen LogP contribution in [0.1, 0.15) is 33.3 Å². The van der Waals surface area contributed by atoms with Crippen molar-refractivity contribution in [1.29, 1.82) is 0 Å². The highest BCUT2D eigenvalue weighted by Crippen LogP contribution is 2.41. The topological polar surface area (TPSA) is 125 Å². The molecular formula is C30H48ClN5O5. The first kappa shape index (κ1) is 34.7. The molecule has 2 aliphatic heterocycles. The Hall–Kier alpha value is -2.47. The van der Waals surface area contributed by atoms with Crippen molar-refractivity contribution in [2.75, 3.05) is 84.6 Å². The number of piperazine rings is 1. The zero-order chi connectivity index (χ0) is 30.0. The lowest BCUT2D eigenvalue weighted by molar-refractivity contribution is -0.139. The molecule has 1 saturated heterocycles. The average Bonchev–Trinajstić information content (AvgIpc) is 3.43. The quantitative estimate of drug-likeness (QED) is 0.336. The fourth-order valence-electron chi connectivity index (χ4n) is 4.51. The van der Waals surface area contributed by atoms with Gasteiger partial charge in [0.2, 0.25) is 0 Å². The molecule has 2 aromatic rings. The number of hydrogen-bond acceptors (Lipinski definition) is 9. The predicted molar refractivity (Wildman–Crippen MR) is 164 cm³/mol. The van der Waals surface area contributed by atoms with E-state index in [2.05, 4.69) is 9.88 Å². The molecule has 0 saturated carbocycles. The molecule has 4 rings (SSSR count). The molecule has 1 atom stereocenters. The van der Waals surface area contributed by atoms with Crippen LogP contribution < -0.4 is 16.2 Å². The van der Waals surface area contributed by atoms with Crippen LogP contribution in [-0.4, -0.2) is 106 Å². The van der Waals surface area contributed by atoms with Gasteiger partial charge in [0.05, 0.1) is 39.6 Å². The monoisotopic (exact) mass is 593 g/mol. The van der Waals surface area contributed by atoms with Gasteiger partial charge in [-0.15, -0.1) is 0 Å². The number of hydrogen-bond donors (Lipinski definition) is 2. The molecule has 11 heteroatoms. The first-order valence-electron chi connectivity index (χ1n) is 14.7. The predicted octanol–water partition coefficient (Wildman–Crippen LogP) is 3.49. The summed E-state index contributed by atoms with van der Waals surface area (Å²) in [5.74, 6) is 1.12. The van der Waals surface area contributed by atoms with Gasteiger partial charge < -0.3 is 35.3 Å². The van der Waals surface area contributed by atoms with E-state index in [1.807, 2.05) is 50.8 Å². The van der Waals surface area contributed by atoms with Crippen molar-refractivity contribution in [3.8, 4) is 16.9 Å². The first-order chi connectivity index (χ1) is 20.0. The summed E-state index contributed by atoms with van der Waals surface area (Å²) < 4.78 is 22.6. The molecule has 0 radical (unpaired) electrons. The fraction of sp³-hybridized carbons (Fsp3) is 0.600. The molecule has 3 heterocycles. The maximum Gasteiger partial charge on any atom is 0.264 e. The number of benzene rings is 1. The van der Waals surface area contributed by atoms with Crippen molar-refractivity contribution >= 4 is 23.3 Å². The molecular weight excluding hydrogens is 546 g/mol. The second-order valence-corrected chi connectivity index (χ2v) is 9.45. The molecule has 2 aliphatic rings. The minimum atomic E-state index is -0.554. The highest BCUT2D eigenvalue weighted by atomic mass is 35.5. The van der Waals surface area contributed by atoms with E-state index in [9.17, 15) is 4.79 Å². The third kappa shape index (κ3) is 11.0. The van der Waals surface area contributed by atoms with E-state index in [1.165, 1.54) is 0 Å². The third-order valence-electron chi connectivity index (χ3n) is 6.41. The van der Waals surface area contributed by atoms with E-state index < -0.39 is 6.10 Å². The summed E-state index contributed by atoms with van der Waals surface area (Å²) in [6.07, 6.45) is 1.59. The van der Waals surface area contributed by atoms with E-state index in [-0.39, 0.29) is 5.91 Å². The van der Waals surface area contributed by atoms with Crippen LogP contribution in [0.15, 0.2) is 30.5 Å². The molecule has 1 fully saturated rings. The number of nitrogens with two attached hydrogens (primary N) is 2. The van der Waals surface area contributed by atoms with Gasteiger partial charge in [-0.1, -0.05) is 39.3 Å². The standard InChI is InChI=1S/C26H36ClN5O5.2C2H6/c27-21-15-20-16-23(37-25(20)22(18-21)19-1-3-30-24(29)17-19)26(33)32-6-4-31(5-7-32)8-10-35-12-14-36-13-11-34-9-2-28;2*1-2/h1,3,15,17-18,23H,2,4-14,16,28H2,(H2,29,30);2*1-2H3. The molecule has 1 aromatic heterocycles. The second kappa shape index (κ2) is 19.6. The average molecular weight is 594 g/mol. The number of amides is 1. The van der Waals surface area contributed by atoms with Crippen LogP contribution >= 0.6 is 11.6 Å². The Bertz CT molecular complexity index is 1040. The Kier molecular flexibility index (Phi) is 16.6. The summed E-state index contributed by atoms with van der Waals surface area (Å²) in [6, 6.07) is 7.35. The van der Waals surface area contributed by atoms with Crippen molar-refractivity contribution in [1.82, 2.24) is 14.8 Å². The van der Waals surface area contributed by atoms with E-state index >= 15 is 0 Å².